The van der Waals surface area contributed by atoms with Gasteiger partial charge in [-0.3, -0.25) is 4.79 Å². The van der Waals surface area contributed by atoms with Crippen molar-refractivity contribution in [2.75, 3.05) is 6.54 Å². The van der Waals surface area contributed by atoms with Crippen LogP contribution in [0.4, 0.5) is 0 Å². The molecule has 0 fully saturated rings. The van der Waals surface area contributed by atoms with Gasteiger partial charge in [0.1, 0.15) is 0 Å². The number of carbonyl (C=O) groups is 1. The zero-order chi connectivity index (χ0) is 8.55. The van der Waals surface area contributed by atoms with E-state index in [9.17, 15) is 4.79 Å². The normalized spacial score (nSPS) is 28.4. The molecule has 12 heavy (non-hydrogen) atoms. The van der Waals surface area contributed by atoms with Crippen molar-refractivity contribution in [1.82, 2.24) is 4.90 Å². The van der Waals surface area contributed by atoms with E-state index in [1.807, 2.05) is 11.0 Å². The summed E-state index contributed by atoms with van der Waals surface area (Å²) in [5.41, 5.74) is 1.40. The number of amides is 1. The molecule has 2 nitrogen and oxygen atoms in total. The molecular weight excluding hydrogens is 150 g/mol. The van der Waals surface area contributed by atoms with Gasteiger partial charge in [0.2, 0.25) is 5.91 Å². The summed E-state index contributed by atoms with van der Waals surface area (Å²) in [5.74, 6) is 0.270. The molecular formula is C10H13NO. The quantitative estimate of drug-likeness (QED) is 0.495. The maximum atomic E-state index is 11.4. The van der Waals surface area contributed by atoms with E-state index in [0.717, 1.165) is 13.0 Å². The Labute approximate surface area is 72.6 Å². The van der Waals surface area contributed by atoms with Crippen LogP contribution < -0.4 is 0 Å². The standard InChI is InChI=1S/C10H13NO/c1-8-5-6-11-9(7-8)3-2-4-10(11)12/h2-3,5,9H,4,6-7H2,1H3/t9-/m1/s1. The average molecular weight is 163 g/mol. The number of rotatable bonds is 0. The van der Waals surface area contributed by atoms with Crippen molar-refractivity contribution in [3.8, 4) is 0 Å². The molecule has 0 radical (unpaired) electrons. The maximum Gasteiger partial charge on any atom is 0.227 e. The van der Waals surface area contributed by atoms with Gasteiger partial charge >= 0.3 is 0 Å². The van der Waals surface area contributed by atoms with Crippen molar-refractivity contribution in [1.29, 1.82) is 0 Å². The summed E-state index contributed by atoms with van der Waals surface area (Å²) in [6.45, 7) is 2.93. The number of hydrogen-bond acceptors (Lipinski definition) is 1. The second-order valence-electron chi connectivity index (χ2n) is 3.50. The van der Waals surface area contributed by atoms with Crippen molar-refractivity contribution < 1.29 is 4.79 Å². The molecule has 0 spiro atoms. The first-order valence-corrected chi connectivity index (χ1v) is 4.39. The van der Waals surface area contributed by atoms with Crippen LogP contribution in [0.15, 0.2) is 23.8 Å². The van der Waals surface area contributed by atoms with E-state index >= 15 is 0 Å². The van der Waals surface area contributed by atoms with E-state index in [1.165, 1.54) is 5.57 Å². The fourth-order valence-electron chi connectivity index (χ4n) is 1.81. The molecule has 0 aromatic rings. The van der Waals surface area contributed by atoms with Gasteiger partial charge < -0.3 is 4.90 Å². The third-order valence-corrected chi connectivity index (χ3v) is 2.54. The first-order valence-electron chi connectivity index (χ1n) is 4.39. The van der Waals surface area contributed by atoms with Crippen molar-refractivity contribution in [2.45, 2.75) is 25.8 Å². The highest BCUT2D eigenvalue weighted by Crippen LogP contribution is 2.22. The summed E-state index contributed by atoms with van der Waals surface area (Å²) in [6, 6.07) is 0.344. The molecule has 0 N–H and O–H groups in total. The highest BCUT2D eigenvalue weighted by atomic mass is 16.2. The van der Waals surface area contributed by atoms with Crippen molar-refractivity contribution in [3.05, 3.63) is 23.8 Å². The minimum absolute atomic E-state index is 0.270. The highest BCUT2D eigenvalue weighted by molar-refractivity contribution is 5.80. The first-order chi connectivity index (χ1) is 5.77. The zero-order valence-electron chi connectivity index (χ0n) is 7.29. The van der Waals surface area contributed by atoms with Crippen LogP contribution in [-0.4, -0.2) is 23.4 Å². The van der Waals surface area contributed by atoms with Crippen LogP contribution >= 0.6 is 0 Å². The predicted molar refractivity (Wildman–Crippen MR) is 47.6 cm³/mol. The van der Waals surface area contributed by atoms with Crippen LogP contribution in [0, 0.1) is 0 Å². The fourth-order valence-corrected chi connectivity index (χ4v) is 1.81. The lowest BCUT2D eigenvalue weighted by Gasteiger charge is -2.35. The van der Waals surface area contributed by atoms with Crippen LogP contribution in [0.2, 0.25) is 0 Å². The molecule has 0 bridgehead atoms. The third-order valence-electron chi connectivity index (χ3n) is 2.54. The molecule has 2 heterocycles. The predicted octanol–water partition coefficient (Wildman–Crippen LogP) is 1.49. The van der Waals surface area contributed by atoms with Crippen LogP contribution in [0.25, 0.3) is 0 Å². The van der Waals surface area contributed by atoms with E-state index in [4.69, 9.17) is 0 Å². The lowest BCUT2D eigenvalue weighted by Crippen LogP contribution is -2.43. The number of carbonyl (C=O) groups excluding carboxylic acids is 1. The van der Waals surface area contributed by atoms with Gasteiger partial charge in [-0.05, 0) is 13.3 Å². The van der Waals surface area contributed by atoms with Gasteiger partial charge in [-0.25, -0.2) is 0 Å². The average Bonchev–Trinajstić information content (AvgIpc) is 2.04. The van der Waals surface area contributed by atoms with E-state index in [-0.39, 0.29) is 5.91 Å². The van der Waals surface area contributed by atoms with E-state index in [1.54, 1.807) is 0 Å². The molecule has 2 rings (SSSR count). The van der Waals surface area contributed by atoms with Gasteiger partial charge in [0.25, 0.3) is 0 Å². The molecule has 0 aromatic heterocycles. The highest BCUT2D eigenvalue weighted by Gasteiger charge is 2.25. The molecule has 2 aliphatic heterocycles. The summed E-state index contributed by atoms with van der Waals surface area (Å²) in [6.07, 6.45) is 7.89. The lowest BCUT2D eigenvalue weighted by atomic mass is 9.98. The lowest BCUT2D eigenvalue weighted by molar-refractivity contribution is -0.132. The molecule has 0 saturated carbocycles. The molecule has 0 aromatic carbocycles. The SMILES string of the molecule is CC1=CCN2C(=O)CC=C[C@@H]2C1. The monoisotopic (exact) mass is 163 g/mol. The van der Waals surface area contributed by atoms with Gasteiger partial charge in [-0.1, -0.05) is 23.8 Å². The molecule has 1 atom stereocenters. The van der Waals surface area contributed by atoms with Crippen LogP contribution in [0.1, 0.15) is 19.8 Å². The number of fused-ring (bicyclic) bond motifs is 1. The zero-order valence-corrected chi connectivity index (χ0v) is 7.29. The molecule has 2 aliphatic rings. The largest absolute Gasteiger partial charge is 0.332 e. The summed E-state index contributed by atoms with van der Waals surface area (Å²) < 4.78 is 0. The summed E-state index contributed by atoms with van der Waals surface area (Å²) in [7, 11) is 0. The van der Waals surface area contributed by atoms with E-state index in [0.29, 0.717) is 12.5 Å². The molecule has 64 valence electrons. The Balaban J connectivity index is 2.22. The van der Waals surface area contributed by atoms with Crippen LogP contribution in [0.5, 0.6) is 0 Å². The van der Waals surface area contributed by atoms with Crippen molar-refractivity contribution in [3.63, 3.8) is 0 Å². The van der Waals surface area contributed by atoms with Crippen LogP contribution in [0.3, 0.4) is 0 Å². The van der Waals surface area contributed by atoms with Gasteiger partial charge in [-0.15, -0.1) is 0 Å². The number of hydrogen-bond donors (Lipinski definition) is 0. The summed E-state index contributed by atoms with van der Waals surface area (Å²) in [5, 5.41) is 0. The molecule has 1 amide bonds. The Hall–Kier alpha value is -1.05. The van der Waals surface area contributed by atoms with E-state index in [2.05, 4.69) is 19.1 Å². The van der Waals surface area contributed by atoms with Gasteiger partial charge in [-0.2, -0.15) is 0 Å². The molecule has 0 aliphatic carbocycles. The fraction of sp³-hybridized carbons (Fsp3) is 0.500. The van der Waals surface area contributed by atoms with Crippen molar-refractivity contribution in [2.24, 2.45) is 0 Å². The van der Waals surface area contributed by atoms with Crippen molar-refractivity contribution >= 4 is 5.91 Å². The summed E-state index contributed by atoms with van der Waals surface area (Å²) in [4.78, 5) is 13.3. The second-order valence-corrected chi connectivity index (χ2v) is 3.50. The summed E-state index contributed by atoms with van der Waals surface area (Å²) >= 11 is 0. The molecule has 2 heteroatoms. The smallest absolute Gasteiger partial charge is 0.227 e. The number of nitrogens with zero attached hydrogens (tertiary/aromatic N) is 1. The Morgan fingerprint density at radius 3 is 3.25 bits per heavy atom. The minimum Gasteiger partial charge on any atom is -0.332 e. The Morgan fingerprint density at radius 2 is 2.42 bits per heavy atom. The second kappa shape index (κ2) is 2.77. The van der Waals surface area contributed by atoms with Crippen LogP contribution in [-0.2, 0) is 4.79 Å². The first kappa shape index (κ1) is 7.59. The Bertz CT molecular complexity index is 265. The minimum atomic E-state index is 0.270. The Morgan fingerprint density at radius 1 is 1.58 bits per heavy atom. The molecule has 0 unspecified atom stereocenters. The Kier molecular flexibility index (Phi) is 1.75. The topological polar surface area (TPSA) is 20.3 Å². The van der Waals surface area contributed by atoms with Gasteiger partial charge in [0.15, 0.2) is 0 Å². The van der Waals surface area contributed by atoms with Gasteiger partial charge in [0, 0.05) is 13.0 Å². The van der Waals surface area contributed by atoms with E-state index < -0.39 is 0 Å². The van der Waals surface area contributed by atoms with Gasteiger partial charge in [0.05, 0.1) is 6.04 Å². The third kappa shape index (κ3) is 1.17. The maximum absolute atomic E-state index is 11.4. The molecule has 0 saturated heterocycles.